The van der Waals surface area contributed by atoms with E-state index in [1.165, 1.54) is 12.0 Å². The number of halogens is 1. The van der Waals surface area contributed by atoms with E-state index >= 15 is 0 Å². The molecule has 0 fully saturated rings. The number of hydrogen-bond acceptors (Lipinski definition) is 5. The molecule has 3 aromatic carbocycles. The molecule has 3 rings (SSSR count). The first kappa shape index (κ1) is 29.2. The van der Waals surface area contributed by atoms with E-state index < -0.39 is 28.5 Å². The number of carbonyl (C=O) groups is 2. The zero-order valence-electron chi connectivity index (χ0n) is 21.6. The minimum atomic E-state index is -3.82. The standard InChI is InChI=1S/C28H32BrN3O5S/c1-4-30-28(34)26(18-21-9-6-5-7-10-21)31(19-22-11-8-12-23(29)17-22)27(33)20-32(38(3,35)36)24-13-15-25(37-2)16-14-24/h5-17,26H,4,18-20H2,1-3H3,(H,30,34). The number of sulfonamides is 1. The van der Waals surface area contributed by atoms with Gasteiger partial charge in [0.25, 0.3) is 0 Å². The number of likely N-dealkylation sites (N-methyl/N-ethyl adjacent to an activating group) is 1. The van der Waals surface area contributed by atoms with Crippen molar-refractivity contribution in [3.63, 3.8) is 0 Å². The Morgan fingerprint density at radius 1 is 0.974 bits per heavy atom. The van der Waals surface area contributed by atoms with Crippen molar-refractivity contribution in [2.24, 2.45) is 0 Å². The SMILES string of the molecule is CCNC(=O)C(Cc1ccccc1)N(Cc1cccc(Br)c1)C(=O)CN(c1ccc(OC)cc1)S(C)(=O)=O. The van der Waals surface area contributed by atoms with Crippen LogP contribution in [0.4, 0.5) is 5.69 Å². The first-order chi connectivity index (χ1) is 18.1. The van der Waals surface area contributed by atoms with Crippen LogP contribution in [0.2, 0.25) is 0 Å². The Hall–Kier alpha value is -3.37. The first-order valence-corrected chi connectivity index (χ1v) is 14.7. The van der Waals surface area contributed by atoms with Gasteiger partial charge < -0.3 is 15.0 Å². The van der Waals surface area contributed by atoms with Crippen LogP contribution in [0.25, 0.3) is 0 Å². The number of methoxy groups -OCH3 is 1. The number of rotatable bonds is 12. The van der Waals surface area contributed by atoms with Crippen molar-refractivity contribution < 1.29 is 22.7 Å². The molecule has 0 spiro atoms. The van der Waals surface area contributed by atoms with Crippen LogP contribution in [-0.2, 0) is 32.6 Å². The molecule has 3 aromatic rings. The largest absolute Gasteiger partial charge is 0.497 e. The van der Waals surface area contributed by atoms with Gasteiger partial charge in [-0.05, 0) is 54.4 Å². The second kappa shape index (κ2) is 13.4. The highest BCUT2D eigenvalue weighted by atomic mass is 79.9. The van der Waals surface area contributed by atoms with E-state index in [-0.39, 0.29) is 18.9 Å². The number of anilines is 1. The lowest BCUT2D eigenvalue weighted by Crippen LogP contribution is -2.53. The Morgan fingerprint density at radius 3 is 2.21 bits per heavy atom. The molecule has 0 saturated carbocycles. The lowest BCUT2D eigenvalue weighted by atomic mass is 10.0. The van der Waals surface area contributed by atoms with E-state index in [9.17, 15) is 18.0 Å². The summed E-state index contributed by atoms with van der Waals surface area (Å²) in [6.45, 7) is 1.86. The van der Waals surface area contributed by atoms with Crippen molar-refractivity contribution >= 4 is 43.5 Å². The molecule has 1 atom stereocenters. The third-order valence-electron chi connectivity index (χ3n) is 5.90. The molecule has 0 aromatic heterocycles. The van der Waals surface area contributed by atoms with Crippen LogP contribution >= 0.6 is 15.9 Å². The second-order valence-electron chi connectivity index (χ2n) is 8.72. The topological polar surface area (TPSA) is 96.0 Å². The predicted molar refractivity (Wildman–Crippen MR) is 152 cm³/mol. The second-order valence-corrected chi connectivity index (χ2v) is 11.5. The summed E-state index contributed by atoms with van der Waals surface area (Å²) in [4.78, 5) is 28.7. The van der Waals surface area contributed by atoms with E-state index in [0.717, 1.165) is 26.2 Å². The molecule has 0 aliphatic carbocycles. The zero-order chi connectivity index (χ0) is 27.7. The average molecular weight is 603 g/mol. The number of benzene rings is 3. The van der Waals surface area contributed by atoms with Crippen LogP contribution in [-0.4, -0.2) is 57.6 Å². The van der Waals surface area contributed by atoms with E-state index in [0.29, 0.717) is 18.0 Å². The van der Waals surface area contributed by atoms with E-state index in [1.54, 1.807) is 24.3 Å². The molecule has 0 heterocycles. The normalized spacial score (nSPS) is 11.9. The Balaban J connectivity index is 2.02. The molecule has 1 N–H and O–H groups in total. The van der Waals surface area contributed by atoms with Crippen LogP contribution in [0, 0.1) is 0 Å². The summed E-state index contributed by atoms with van der Waals surface area (Å²) in [5.41, 5.74) is 2.00. The van der Waals surface area contributed by atoms with Crippen molar-refractivity contribution in [2.75, 3.05) is 30.8 Å². The van der Waals surface area contributed by atoms with Gasteiger partial charge in [-0.15, -0.1) is 0 Å². The van der Waals surface area contributed by atoms with E-state index in [4.69, 9.17) is 4.74 Å². The number of hydrogen-bond donors (Lipinski definition) is 1. The van der Waals surface area contributed by atoms with Crippen molar-refractivity contribution in [3.8, 4) is 5.75 Å². The maximum Gasteiger partial charge on any atom is 0.244 e. The molecule has 202 valence electrons. The molecule has 0 radical (unpaired) electrons. The van der Waals surface area contributed by atoms with E-state index in [2.05, 4.69) is 21.2 Å². The summed E-state index contributed by atoms with van der Waals surface area (Å²) in [6, 6.07) is 22.4. The fraction of sp³-hybridized carbons (Fsp3) is 0.286. The minimum Gasteiger partial charge on any atom is -0.497 e. The van der Waals surface area contributed by atoms with Crippen LogP contribution in [0.5, 0.6) is 5.75 Å². The minimum absolute atomic E-state index is 0.118. The van der Waals surface area contributed by atoms with Gasteiger partial charge in [-0.3, -0.25) is 13.9 Å². The summed E-state index contributed by atoms with van der Waals surface area (Å²) in [5.74, 6) is -0.252. The van der Waals surface area contributed by atoms with Crippen molar-refractivity contribution in [2.45, 2.75) is 25.9 Å². The fourth-order valence-corrected chi connectivity index (χ4v) is 5.34. The number of carbonyl (C=O) groups excluding carboxylic acids is 2. The molecule has 10 heteroatoms. The Morgan fingerprint density at radius 2 is 1.63 bits per heavy atom. The Kier molecular flexibility index (Phi) is 10.3. The molecule has 0 bridgehead atoms. The first-order valence-electron chi connectivity index (χ1n) is 12.1. The van der Waals surface area contributed by atoms with Crippen LogP contribution in [0.15, 0.2) is 83.3 Å². The number of ether oxygens (including phenoxy) is 1. The molecule has 1 unspecified atom stereocenters. The van der Waals surface area contributed by atoms with Gasteiger partial charge in [0.1, 0.15) is 18.3 Å². The Bertz CT molecular complexity index is 1330. The summed E-state index contributed by atoms with van der Waals surface area (Å²) in [6.07, 6.45) is 1.32. The molecule has 0 aliphatic heterocycles. The van der Waals surface area contributed by atoms with Gasteiger partial charge in [0, 0.05) is 24.0 Å². The van der Waals surface area contributed by atoms with Crippen molar-refractivity contribution in [1.29, 1.82) is 0 Å². The van der Waals surface area contributed by atoms with E-state index in [1.807, 2.05) is 61.5 Å². The predicted octanol–water partition coefficient (Wildman–Crippen LogP) is 4.00. The average Bonchev–Trinajstić information content (AvgIpc) is 2.89. The van der Waals surface area contributed by atoms with Crippen LogP contribution in [0.1, 0.15) is 18.1 Å². The highest BCUT2D eigenvalue weighted by molar-refractivity contribution is 9.10. The zero-order valence-corrected chi connectivity index (χ0v) is 24.0. The third-order valence-corrected chi connectivity index (χ3v) is 7.54. The van der Waals surface area contributed by atoms with Gasteiger partial charge >= 0.3 is 0 Å². The molecular weight excluding hydrogens is 570 g/mol. The maximum absolute atomic E-state index is 13.9. The van der Waals surface area contributed by atoms with Gasteiger partial charge in [0.2, 0.25) is 21.8 Å². The number of nitrogens with zero attached hydrogens (tertiary/aromatic N) is 2. The summed E-state index contributed by atoms with van der Waals surface area (Å²) >= 11 is 3.46. The smallest absolute Gasteiger partial charge is 0.244 e. The van der Waals surface area contributed by atoms with Crippen LogP contribution < -0.4 is 14.4 Å². The van der Waals surface area contributed by atoms with Crippen molar-refractivity contribution in [3.05, 3.63) is 94.5 Å². The number of nitrogens with one attached hydrogen (secondary N) is 1. The summed E-state index contributed by atoms with van der Waals surface area (Å²) in [5, 5.41) is 2.84. The third kappa shape index (κ3) is 8.06. The van der Waals surface area contributed by atoms with Gasteiger partial charge in [0.05, 0.1) is 19.1 Å². The molecule has 0 saturated heterocycles. The number of amides is 2. The lowest BCUT2D eigenvalue weighted by molar-refractivity contribution is -0.140. The highest BCUT2D eigenvalue weighted by Gasteiger charge is 2.32. The molecule has 0 aliphatic rings. The molecule has 2 amide bonds. The van der Waals surface area contributed by atoms with Gasteiger partial charge in [-0.2, -0.15) is 0 Å². The quantitative estimate of drug-likeness (QED) is 0.338. The monoisotopic (exact) mass is 601 g/mol. The van der Waals surface area contributed by atoms with Crippen LogP contribution in [0.3, 0.4) is 0 Å². The van der Waals surface area contributed by atoms with Gasteiger partial charge in [-0.25, -0.2) is 8.42 Å². The molecule has 38 heavy (non-hydrogen) atoms. The highest BCUT2D eigenvalue weighted by Crippen LogP contribution is 2.23. The van der Waals surface area contributed by atoms with Gasteiger partial charge in [0.15, 0.2) is 0 Å². The molecule has 8 nitrogen and oxygen atoms in total. The maximum atomic E-state index is 13.9. The van der Waals surface area contributed by atoms with Gasteiger partial charge in [-0.1, -0.05) is 58.4 Å². The summed E-state index contributed by atoms with van der Waals surface area (Å²) < 4.78 is 32.6. The van der Waals surface area contributed by atoms with Crippen molar-refractivity contribution in [1.82, 2.24) is 10.2 Å². The lowest BCUT2D eigenvalue weighted by Gasteiger charge is -2.33. The summed E-state index contributed by atoms with van der Waals surface area (Å²) in [7, 11) is -2.31. The molecular formula is C28H32BrN3O5S. The fourth-order valence-electron chi connectivity index (χ4n) is 4.04. The Labute approximate surface area is 232 Å².